The Hall–Kier alpha value is -12.0. The maximum absolute atomic E-state index is 13.3. The molecule has 764 valence electrons. The van der Waals surface area contributed by atoms with Gasteiger partial charge in [0.1, 0.15) is 13.1 Å². The normalized spacial score (nSPS) is 15.7. The lowest BCUT2D eigenvalue weighted by Gasteiger charge is -2.43. The molecule has 1 aliphatic heterocycles. The summed E-state index contributed by atoms with van der Waals surface area (Å²) in [5.41, 5.74) is 37.6. The number of benzene rings is 11. The summed E-state index contributed by atoms with van der Waals surface area (Å²) in [5, 5.41) is 0. The number of esters is 1. The van der Waals surface area contributed by atoms with E-state index >= 15 is 0 Å². The Morgan fingerprint density at radius 2 is 0.752 bits per heavy atom. The van der Waals surface area contributed by atoms with Gasteiger partial charge in [-0.2, -0.15) is 4.58 Å². The lowest BCUT2D eigenvalue weighted by Crippen LogP contribution is -2.73. The Morgan fingerprint density at radius 1 is 0.372 bits per heavy atom. The summed E-state index contributed by atoms with van der Waals surface area (Å²) < 4.78 is 14.6. The van der Waals surface area contributed by atoms with Crippen LogP contribution in [0.4, 0.5) is 22.7 Å². The smallest absolute Gasteiger partial charge is 0.312 e. The van der Waals surface area contributed by atoms with Crippen LogP contribution in [0.25, 0.3) is 33.4 Å². The molecule has 3 unspecified atom stereocenters. The molecule has 0 spiro atoms. The summed E-state index contributed by atoms with van der Waals surface area (Å²) >= 11 is 0. The number of rotatable bonds is 35. The molecule has 0 bridgehead atoms. The van der Waals surface area contributed by atoms with Gasteiger partial charge in [0.2, 0.25) is 22.8 Å². The fourth-order valence-corrected chi connectivity index (χ4v) is 20.9. The van der Waals surface area contributed by atoms with Crippen molar-refractivity contribution in [2.75, 3.05) is 80.3 Å². The first-order chi connectivity index (χ1) is 69.0. The Balaban J connectivity index is 0.000000194. The van der Waals surface area contributed by atoms with Gasteiger partial charge in [-0.05, 0) is 319 Å². The highest BCUT2D eigenvalue weighted by Crippen LogP contribution is 2.50. The van der Waals surface area contributed by atoms with Crippen LogP contribution < -0.4 is 24.7 Å². The van der Waals surface area contributed by atoms with E-state index in [-0.39, 0.29) is 38.6 Å². The summed E-state index contributed by atoms with van der Waals surface area (Å²) in [4.78, 5) is 28.0. The summed E-state index contributed by atoms with van der Waals surface area (Å²) in [6, 6.07) is 101. The van der Waals surface area contributed by atoms with Crippen molar-refractivity contribution in [1.82, 2.24) is 0 Å². The number of fused-ring (bicyclic) bond motifs is 3. The number of hydrogen-bond acceptors (Lipinski definition) is 6. The van der Waals surface area contributed by atoms with Crippen LogP contribution in [0.1, 0.15) is 325 Å². The second-order valence-corrected chi connectivity index (χ2v) is 47.3. The average molecular weight is 1940 g/mol. The molecule has 3 atom stereocenters. The highest BCUT2D eigenvalue weighted by Gasteiger charge is 2.48. The Bertz CT molecular complexity index is 6340. The number of nitrogens with one attached hydrogen (secondary N) is 2. The third kappa shape index (κ3) is 29.5. The van der Waals surface area contributed by atoms with Crippen LogP contribution in [0.2, 0.25) is 0 Å². The van der Waals surface area contributed by atoms with Gasteiger partial charge in [0, 0.05) is 104 Å². The van der Waals surface area contributed by atoms with E-state index in [0.29, 0.717) is 18.4 Å². The maximum Gasteiger partial charge on any atom is 0.312 e. The number of para-hydroxylation sites is 1. The van der Waals surface area contributed by atoms with Gasteiger partial charge in [-0.3, -0.25) is 4.79 Å². The lowest BCUT2D eigenvalue weighted by atomic mass is 9.61. The second-order valence-electron chi connectivity index (χ2n) is 47.3. The van der Waals surface area contributed by atoms with Crippen LogP contribution in [-0.2, 0) is 20.8 Å². The van der Waals surface area contributed by atoms with E-state index in [9.17, 15) is 4.79 Å². The largest absolute Gasteiger partial charge is 0.465 e. The van der Waals surface area contributed by atoms with Gasteiger partial charge in [0.15, 0.2) is 6.54 Å². The predicted molar refractivity (Wildman–Crippen MR) is 625 cm³/mol. The molecule has 2 aliphatic carbocycles. The van der Waals surface area contributed by atoms with Crippen molar-refractivity contribution in [3.05, 3.63) is 392 Å². The monoisotopic (exact) mass is 1940 g/mol. The molecule has 1 heterocycles. The molecule has 14 rings (SSSR count). The zero-order valence-corrected chi connectivity index (χ0v) is 93.9. The Labute approximate surface area is 876 Å². The molecule has 9 nitrogen and oxygen atoms in total. The van der Waals surface area contributed by atoms with Gasteiger partial charge in [0.25, 0.3) is 0 Å². The summed E-state index contributed by atoms with van der Waals surface area (Å²) in [7, 11) is 0. The molecular formula is C136H175N6O3+3. The van der Waals surface area contributed by atoms with Crippen molar-refractivity contribution in [2.45, 2.75) is 263 Å². The van der Waals surface area contributed by atoms with E-state index in [1.54, 1.807) is 0 Å². The fraction of sp³-hybridized carbons (Fsp3) is 0.412. The fourth-order valence-electron chi connectivity index (χ4n) is 20.9. The van der Waals surface area contributed by atoms with Gasteiger partial charge in [-0.1, -0.05) is 321 Å². The van der Waals surface area contributed by atoms with E-state index in [4.69, 9.17) is 9.47 Å². The van der Waals surface area contributed by atoms with E-state index in [0.717, 1.165) is 110 Å². The minimum absolute atomic E-state index is 0.0478. The SMILES string of the molecule is CCN(CC)c1ccc(C(=C2C(c3ccccc3)=[N+](Cc3ccc(C(CC(C)(C)C)C(C)(C)C)cc3)c3ccccc32)c2ccc(C)cc2)cc1.CCN(CC)c1ccc(C(=C2C=CC(=[NH+]CCCCC(COC(C)(C)C)C(C)(C)C)c3ccccc32)c2ccc(C)cc2)cc1.CCN(CC)c1ccc(C(=C2C=CC(=[NH+]CCCCCOC(=O)C(C)(CC(C)(C)C)C(C)(C)C)c3ccccc32)c2ccc(C)cc2)cc1. The summed E-state index contributed by atoms with van der Waals surface area (Å²) in [5.74, 6) is 0.972. The molecule has 11 aromatic rings. The standard InChI is InChI=1S/C49H57N2.C45H60N2O2.C42H56N2O/c1-10-50(11-2)41-31-29-39(30-32-41)45(38-25-21-35(3)22-26-38)46-42-19-15-16-20-44(42)51(47(46)40-17-13-12-14-18-40)34-36-23-27-37(28-24-36)43(49(7,8)9)33-48(4,5)6;1-11-47(12-2)36-26-24-35(25-27-36)41(34-22-20-33(3)21-23-34)39-28-29-40(38-19-15-14-18-37(38)39)46-30-16-13-17-31-49-42(48)45(10,44(7,8)9)32-43(4,5)6;1-10-44(11-2)35-25-23-33(24-26-35)40(32-21-19-31(3)20-22-32)38-27-28-39(37-18-13-12-17-36(37)38)43-29-15-14-16-34(41(4,5)6)30-45-42(7,8)9/h12-32,43H,10-11,33-34H2,1-9H3;14-15,18-29H,11-13,16-17,30-32H2,1-10H3;12-13,17-28,34H,10-11,14-16,29-30H2,1-9H3/q+1;;/p+2. The molecule has 0 aromatic heterocycles. The van der Waals surface area contributed by atoms with E-state index in [1.165, 1.54) is 175 Å². The van der Waals surface area contributed by atoms with Gasteiger partial charge < -0.3 is 24.2 Å². The minimum Gasteiger partial charge on any atom is -0.465 e. The van der Waals surface area contributed by atoms with Gasteiger partial charge in [-0.15, -0.1) is 0 Å². The average Bonchev–Trinajstić information content (AvgIpc) is 1.58. The van der Waals surface area contributed by atoms with Crippen LogP contribution in [0.5, 0.6) is 0 Å². The highest BCUT2D eigenvalue weighted by molar-refractivity contribution is 6.38. The highest BCUT2D eigenvalue weighted by atomic mass is 16.5. The predicted octanol–water partition coefficient (Wildman–Crippen LogP) is 31.0. The number of anilines is 3. The van der Waals surface area contributed by atoms with Crippen LogP contribution in [-0.4, -0.2) is 98.9 Å². The molecule has 0 amide bonds. The number of nitrogens with zero attached hydrogens (tertiary/aromatic N) is 4. The van der Waals surface area contributed by atoms with Crippen molar-refractivity contribution in [1.29, 1.82) is 0 Å². The van der Waals surface area contributed by atoms with Gasteiger partial charge >= 0.3 is 5.97 Å². The van der Waals surface area contributed by atoms with Crippen molar-refractivity contribution in [3.8, 4) is 0 Å². The third-order valence-electron chi connectivity index (χ3n) is 29.7. The lowest BCUT2D eigenvalue weighted by molar-refractivity contribution is -0.456. The molecule has 3 aliphatic rings. The van der Waals surface area contributed by atoms with Gasteiger partial charge in [-0.25, -0.2) is 9.98 Å². The topological polar surface area (TPSA) is 76.2 Å². The molecule has 0 saturated carbocycles. The zero-order chi connectivity index (χ0) is 105. The molecular weight excluding hydrogens is 1770 g/mol. The number of hydrogen-bond donors (Lipinski definition) is 2. The van der Waals surface area contributed by atoms with Crippen molar-refractivity contribution in [3.63, 3.8) is 0 Å². The van der Waals surface area contributed by atoms with E-state index in [1.807, 2.05) is 0 Å². The Kier molecular flexibility index (Phi) is 38.4. The van der Waals surface area contributed by atoms with Gasteiger partial charge in [0.05, 0.1) is 46.5 Å². The first kappa shape index (κ1) is 112. The molecule has 0 saturated heterocycles. The summed E-state index contributed by atoms with van der Waals surface area (Å²) in [6.07, 6.45) is 17.4. The number of carbonyl (C=O) groups excluding carboxylic acids is 1. The third-order valence-corrected chi connectivity index (χ3v) is 29.7. The Morgan fingerprint density at radius 3 is 1.13 bits per heavy atom. The summed E-state index contributed by atoms with van der Waals surface area (Å²) in [6.45, 7) is 72.5. The number of carbonyl (C=O) groups is 1. The van der Waals surface area contributed by atoms with E-state index in [2.05, 4.69) is 520 Å². The van der Waals surface area contributed by atoms with Crippen LogP contribution in [0.3, 0.4) is 0 Å². The molecule has 9 heteroatoms. The molecule has 11 aromatic carbocycles. The van der Waals surface area contributed by atoms with E-state index < -0.39 is 5.41 Å². The molecule has 0 radical (unpaired) electrons. The number of unbranched alkanes of at least 4 members (excludes halogenated alkanes) is 3. The quantitative estimate of drug-likeness (QED) is 0.0234. The van der Waals surface area contributed by atoms with Crippen molar-refractivity contribution >= 4 is 79.3 Å². The number of aryl methyl sites for hydroxylation is 3. The second kappa shape index (κ2) is 49.9. The number of ether oxygens (including phenoxy) is 2. The molecule has 145 heavy (non-hydrogen) atoms. The van der Waals surface area contributed by atoms with Crippen LogP contribution in [0, 0.1) is 59.2 Å². The first-order valence-corrected chi connectivity index (χ1v) is 54.4. The zero-order valence-electron chi connectivity index (χ0n) is 93.9. The minimum atomic E-state index is -0.522. The van der Waals surface area contributed by atoms with Crippen LogP contribution in [0.15, 0.2) is 297 Å². The maximum atomic E-state index is 13.3. The van der Waals surface area contributed by atoms with Crippen molar-refractivity contribution < 1.29 is 28.8 Å². The first-order valence-electron chi connectivity index (χ1n) is 54.4. The number of allylic oxidation sites excluding steroid dienone is 7. The molecule has 2 N–H and O–H groups in total. The van der Waals surface area contributed by atoms with Crippen LogP contribution >= 0.6 is 0 Å². The molecule has 0 fully saturated rings. The van der Waals surface area contributed by atoms with Crippen molar-refractivity contribution in [2.24, 2.45) is 38.4 Å².